The Morgan fingerprint density at radius 2 is 1.44 bits per heavy atom. The minimum absolute atomic E-state index is 0.0131. The number of amides is 1. The van der Waals surface area contributed by atoms with Crippen molar-refractivity contribution < 1.29 is 4.79 Å². The van der Waals surface area contributed by atoms with Gasteiger partial charge in [-0.2, -0.15) is 0 Å². The lowest BCUT2D eigenvalue weighted by Crippen LogP contribution is -2.34. The second kappa shape index (κ2) is 6.83. The van der Waals surface area contributed by atoms with Crippen molar-refractivity contribution in [1.29, 1.82) is 0 Å². The highest BCUT2D eigenvalue weighted by molar-refractivity contribution is 5.84. The van der Waals surface area contributed by atoms with Crippen LogP contribution in [0.1, 0.15) is 6.42 Å². The molecule has 1 amide bonds. The maximum Gasteiger partial charge on any atom is 0.280 e. The molecule has 0 spiro atoms. The molecule has 4 aromatic rings. The normalized spacial score (nSPS) is 11.0. The standard InChI is InChI=1S/C19H15N5O3/c25-17(22-24-12-21-16-8-4-2-6-14(16)19(24)27)9-10-23-11-20-15-7-3-1-5-13(15)18(23)26/h1-8,11-12H,9-10H2,(H,22,25). The van der Waals surface area contributed by atoms with Crippen LogP contribution in [0.4, 0.5) is 0 Å². The monoisotopic (exact) mass is 361 g/mol. The Kier molecular flexibility index (Phi) is 4.21. The van der Waals surface area contributed by atoms with Crippen LogP contribution in [0.3, 0.4) is 0 Å². The van der Waals surface area contributed by atoms with Crippen LogP contribution >= 0.6 is 0 Å². The SMILES string of the molecule is O=C(CCn1cnc2ccccc2c1=O)Nn1cnc2ccccc2c1=O. The number of aryl methyl sites for hydroxylation is 1. The first-order valence-electron chi connectivity index (χ1n) is 8.34. The van der Waals surface area contributed by atoms with Gasteiger partial charge in [-0.25, -0.2) is 14.6 Å². The molecule has 1 N–H and O–H groups in total. The average molecular weight is 361 g/mol. The summed E-state index contributed by atoms with van der Waals surface area (Å²) in [6.07, 6.45) is 2.70. The van der Waals surface area contributed by atoms with Crippen molar-refractivity contribution in [2.24, 2.45) is 0 Å². The molecule has 0 saturated carbocycles. The van der Waals surface area contributed by atoms with Crippen LogP contribution < -0.4 is 16.5 Å². The predicted octanol–water partition coefficient (Wildman–Crippen LogP) is 1.27. The van der Waals surface area contributed by atoms with Crippen molar-refractivity contribution in [3.63, 3.8) is 0 Å². The summed E-state index contributed by atoms with van der Waals surface area (Å²) in [6, 6.07) is 13.9. The molecule has 2 aromatic carbocycles. The zero-order valence-electron chi connectivity index (χ0n) is 14.2. The molecule has 0 radical (unpaired) electrons. The quantitative estimate of drug-likeness (QED) is 0.590. The number of rotatable bonds is 4. The summed E-state index contributed by atoms with van der Waals surface area (Å²) in [5, 5.41) is 0.908. The highest BCUT2D eigenvalue weighted by atomic mass is 16.2. The molecule has 0 unspecified atom stereocenters. The van der Waals surface area contributed by atoms with E-state index in [2.05, 4.69) is 15.4 Å². The predicted molar refractivity (Wildman–Crippen MR) is 101 cm³/mol. The zero-order valence-corrected chi connectivity index (χ0v) is 14.2. The van der Waals surface area contributed by atoms with Crippen molar-refractivity contribution in [1.82, 2.24) is 19.2 Å². The first kappa shape index (κ1) is 16.6. The highest BCUT2D eigenvalue weighted by Gasteiger charge is 2.09. The third kappa shape index (κ3) is 3.20. The molecule has 0 aliphatic heterocycles. The fourth-order valence-corrected chi connectivity index (χ4v) is 2.83. The Labute approximate surface area is 152 Å². The van der Waals surface area contributed by atoms with E-state index < -0.39 is 5.91 Å². The third-order valence-corrected chi connectivity index (χ3v) is 4.22. The van der Waals surface area contributed by atoms with Crippen molar-refractivity contribution in [3.05, 3.63) is 81.9 Å². The largest absolute Gasteiger partial charge is 0.298 e. The number of hydrogen-bond acceptors (Lipinski definition) is 5. The van der Waals surface area contributed by atoms with Gasteiger partial charge in [-0.05, 0) is 24.3 Å². The Hall–Kier alpha value is -3.81. The smallest absolute Gasteiger partial charge is 0.280 e. The van der Waals surface area contributed by atoms with E-state index in [4.69, 9.17) is 0 Å². The molecule has 0 aliphatic carbocycles. The molecule has 8 nitrogen and oxygen atoms in total. The first-order valence-corrected chi connectivity index (χ1v) is 8.34. The van der Waals surface area contributed by atoms with Gasteiger partial charge >= 0.3 is 0 Å². The minimum Gasteiger partial charge on any atom is -0.298 e. The Bertz CT molecular complexity index is 1280. The van der Waals surface area contributed by atoms with Crippen LogP contribution in [-0.2, 0) is 11.3 Å². The van der Waals surface area contributed by atoms with Crippen molar-refractivity contribution in [2.75, 3.05) is 5.43 Å². The Balaban J connectivity index is 1.51. The summed E-state index contributed by atoms with van der Waals surface area (Å²) < 4.78 is 2.43. The van der Waals surface area contributed by atoms with E-state index >= 15 is 0 Å². The summed E-state index contributed by atoms with van der Waals surface area (Å²) in [5.41, 5.74) is 3.09. The Morgan fingerprint density at radius 3 is 2.15 bits per heavy atom. The fourth-order valence-electron chi connectivity index (χ4n) is 2.83. The molecule has 27 heavy (non-hydrogen) atoms. The molecule has 0 saturated heterocycles. The van der Waals surface area contributed by atoms with Gasteiger partial charge in [0.25, 0.3) is 11.1 Å². The minimum atomic E-state index is -0.408. The second-order valence-electron chi connectivity index (χ2n) is 5.98. The van der Waals surface area contributed by atoms with Crippen LogP contribution in [0.5, 0.6) is 0 Å². The molecular weight excluding hydrogens is 346 g/mol. The van der Waals surface area contributed by atoms with E-state index in [0.717, 1.165) is 4.68 Å². The van der Waals surface area contributed by atoms with E-state index in [0.29, 0.717) is 21.8 Å². The molecule has 4 rings (SSSR count). The van der Waals surface area contributed by atoms with Gasteiger partial charge in [0.05, 0.1) is 28.1 Å². The van der Waals surface area contributed by atoms with Crippen LogP contribution in [0.15, 0.2) is 70.8 Å². The van der Waals surface area contributed by atoms with Crippen molar-refractivity contribution in [2.45, 2.75) is 13.0 Å². The number of carbonyl (C=O) groups excluding carboxylic acids is 1. The molecular formula is C19H15N5O3. The summed E-state index contributed by atoms with van der Waals surface area (Å²) >= 11 is 0. The van der Waals surface area contributed by atoms with Crippen molar-refractivity contribution >= 4 is 27.7 Å². The third-order valence-electron chi connectivity index (χ3n) is 4.22. The molecule has 2 aromatic heterocycles. The van der Waals surface area contributed by atoms with Crippen LogP contribution in [0, 0.1) is 0 Å². The Morgan fingerprint density at radius 1 is 0.852 bits per heavy atom. The maximum absolute atomic E-state index is 12.4. The summed E-state index contributed by atoms with van der Waals surface area (Å²) in [4.78, 5) is 45.4. The number of fused-ring (bicyclic) bond motifs is 2. The summed E-state index contributed by atoms with van der Waals surface area (Å²) in [7, 11) is 0. The van der Waals surface area contributed by atoms with Gasteiger partial charge in [0.2, 0.25) is 5.91 Å². The van der Waals surface area contributed by atoms with Gasteiger partial charge in [-0.1, -0.05) is 24.3 Å². The fraction of sp³-hybridized carbons (Fsp3) is 0.105. The number of carbonyl (C=O) groups is 1. The molecule has 0 bridgehead atoms. The topological polar surface area (TPSA) is 98.9 Å². The molecule has 0 aliphatic rings. The summed E-state index contributed by atoms with van der Waals surface area (Å²) in [5.74, 6) is -0.408. The van der Waals surface area contributed by atoms with Crippen LogP contribution in [0.2, 0.25) is 0 Å². The van der Waals surface area contributed by atoms with E-state index in [1.807, 2.05) is 6.07 Å². The van der Waals surface area contributed by atoms with E-state index in [1.165, 1.54) is 17.2 Å². The highest BCUT2D eigenvalue weighted by Crippen LogP contribution is 2.05. The van der Waals surface area contributed by atoms with Crippen LogP contribution in [-0.4, -0.2) is 25.1 Å². The van der Waals surface area contributed by atoms with E-state index in [9.17, 15) is 14.4 Å². The second-order valence-corrected chi connectivity index (χ2v) is 5.98. The molecule has 0 fully saturated rings. The average Bonchev–Trinajstić information content (AvgIpc) is 2.70. The van der Waals surface area contributed by atoms with Gasteiger partial charge < -0.3 is 0 Å². The number of nitrogens with one attached hydrogen (secondary N) is 1. The van der Waals surface area contributed by atoms with Gasteiger partial charge in [0, 0.05) is 13.0 Å². The first-order chi connectivity index (χ1) is 13.1. The molecule has 134 valence electrons. The molecule has 0 atom stereocenters. The van der Waals surface area contributed by atoms with Gasteiger partial charge in [-0.15, -0.1) is 0 Å². The van der Waals surface area contributed by atoms with Gasteiger partial charge in [0.15, 0.2) is 0 Å². The molecule has 8 heteroatoms. The number of benzene rings is 2. The van der Waals surface area contributed by atoms with E-state index in [1.54, 1.807) is 42.5 Å². The van der Waals surface area contributed by atoms with Crippen molar-refractivity contribution in [3.8, 4) is 0 Å². The number of nitrogens with zero attached hydrogens (tertiary/aromatic N) is 4. The van der Waals surface area contributed by atoms with E-state index in [-0.39, 0.29) is 24.1 Å². The van der Waals surface area contributed by atoms with Gasteiger partial charge in [-0.3, -0.25) is 24.4 Å². The number of para-hydroxylation sites is 2. The van der Waals surface area contributed by atoms with Crippen LogP contribution in [0.25, 0.3) is 21.8 Å². The lowest BCUT2D eigenvalue weighted by atomic mass is 10.2. The molecule has 2 heterocycles. The summed E-state index contributed by atoms with van der Waals surface area (Å²) in [6.45, 7) is 0.151. The number of hydrogen-bond donors (Lipinski definition) is 1. The lowest BCUT2D eigenvalue weighted by molar-refractivity contribution is -0.117. The van der Waals surface area contributed by atoms with Gasteiger partial charge in [0.1, 0.15) is 6.33 Å². The lowest BCUT2D eigenvalue weighted by Gasteiger charge is -2.09. The zero-order chi connectivity index (χ0) is 18.8. The number of aromatic nitrogens is 4. The maximum atomic E-state index is 12.4.